The summed E-state index contributed by atoms with van der Waals surface area (Å²) >= 11 is 0. The molecule has 2 rings (SSSR count). The Morgan fingerprint density at radius 2 is 1.77 bits per heavy atom. The Kier molecular flexibility index (Phi) is 5.83. The van der Waals surface area contributed by atoms with Crippen LogP contribution in [0.2, 0.25) is 0 Å². The molecule has 0 heterocycles. The normalized spacial score (nSPS) is 10.3. The second kappa shape index (κ2) is 8.08. The minimum absolute atomic E-state index is 0.00615. The second-order valence-electron chi connectivity index (χ2n) is 5.19. The Morgan fingerprint density at radius 3 is 2.50 bits per heavy atom. The van der Waals surface area contributed by atoms with E-state index < -0.39 is 0 Å². The molecule has 2 aromatic carbocycles. The van der Waals surface area contributed by atoms with Gasteiger partial charge in [0.05, 0.1) is 6.10 Å². The van der Waals surface area contributed by atoms with E-state index in [0.29, 0.717) is 12.3 Å². The van der Waals surface area contributed by atoms with Crippen molar-refractivity contribution in [2.24, 2.45) is 0 Å². The van der Waals surface area contributed by atoms with Gasteiger partial charge in [-0.3, -0.25) is 4.79 Å². The van der Waals surface area contributed by atoms with Crippen molar-refractivity contribution in [1.82, 2.24) is 5.32 Å². The van der Waals surface area contributed by atoms with Crippen molar-refractivity contribution >= 4 is 5.91 Å². The van der Waals surface area contributed by atoms with Crippen molar-refractivity contribution in [3.63, 3.8) is 0 Å². The van der Waals surface area contributed by atoms with E-state index in [-0.39, 0.29) is 18.6 Å². The number of hydrogen-bond acceptors (Lipinski definition) is 3. The molecule has 0 saturated carbocycles. The first kappa shape index (κ1) is 15.9. The quantitative estimate of drug-likeness (QED) is 0.854. The van der Waals surface area contributed by atoms with Crippen LogP contribution in [-0.2, 0) is 11.3 Å². The Balaban J connectivity index is 1.78. The van der Waals surface area contributed by atoms with Crippen molar-refractivity contribution < 1.29 is 14.3 Å². The van der Waals surface area contributed by atoms with E-state index in [9.17, 15) is 4.79 Å². The first-order valence-electron chi connectivity index (χ1n) is 7.33. The van der Waals surface area contributed by atoms with Crippen molar-refractivity contribution in [2.75, 3.05) is 6.61 Å². The average molecular weight is 299 g/mol. The molecule has 4 nitrogen and oxygen atoms in total. The van der Waals surface area contributed by atoms with Gasteiger partial charge in [-0.1, -0.05) is 30.3 Å². The fourth-order valence-corrected chi connectivity index (χ4v) is 1.92. The van der Waals surface area contributed by atoms with Gasteiger partial charge >= 0.3 is 0 Å². The molecular formula is C18H21NO3. The zero-order valence-corrected chi connectivity index (χ0v) is 12.9. The third kappa shape index (κ3) is 5.48. The van der Waals surface area contributed by atoms with Crippen LogP contribution in [0.15, 0.2) is 54.6 Å². The maximum absolute atomic E-state index is 11.8. The molecule has 1 amide bonds. The summed E-state index contributed by atoms with van der Waals surface area (Å²) in [5.74, 6) is 1.34. The van der Waals surface area contributed by atoms with Gasteiger partial charge in [0, 0.05) is 6.54 Å². The highest BCUT2D eigenvalue weighted by Crippen LogP contribution is 2.14. The van der Waals surface area contributed by atoms with E-state index in [2.05, 4.69) is 5.32 Å². The summed E-state index contributed by atoms with van der Waals surface area (Å²) in [6.07, 6.45) is 0.129. The van der Waals surface area contributed by atoms with Gasteiger partial charge in [-0.25, -0.2) is 0 Å². The van der Waals surface area contributed by atoms with Crippen LogP contribution in [-0.4, -0.2) is 18.6 Å². The first-order chi connectivity index (χ1) is 10.6. The lowest BCUT2D eigenvalue weighted by atomic mass is 10.2. The number of nitrogens with one attached hydrogen (secondary N) is 1. The highest BCUT2D eigenvalue weighted by Gasteiger charge is 2.04. The van der Waals surface area contributed by atoms with Gasteiger partial charge in [0.1, 0.15) is 11.5 Å². The summed E-state index contributed by atoms with van der Waals surface area (Å²) in [6.45, 7) is 4.42. The summed E-state index contributed by atoms with van der Waals surface area (Å²) in [5, 5.41) is 2.83. The molecule has 0 aromatic heterocycles. The molecule has 0 bridgehead atoms. The smallest absolute Gasteiger partial charge is 0.258 e. The number of amides is 1. The van der Waals surface area contributed by atoms with Crippen LogP contribution in [0.25, 0.3) is 0 Å². The number of rotatable bonds is 7. The van der Waals surface area contributed by atoms with Gasteiger partial charge in [-0.2, -0.15) is 0 Å². The fourth-order valence-electron chi connectivity index (χ4n) is 1.92. The second-order valence-corrected chi connectivity index (χ2v) is 5.19. The summed E-state index contributed by atoms with van der Waals surface area (Å²) in [5.41, 5.74) is 0.992. The summed E-state index contributed by atoms with van der Waals surface area (Å²) in [4.78, 5) is 11.8. The lowest BCUT2D eigenvalue weighted by Crippen LogP contribution is -2.28. The SMILES string of the molecule is CC(C)Oc1cccc(CNC(=O)COc2ccccc2)c1. The topological polar surface area (TPSA) is 47.6 Å². The van der Waals surface area contributed by atoms with E-state index in [0.717, 1.165) is 11.3 Å². The molecule has 0 radical (unpaired) electrons. The van der Waals surface area contributed by atoms with Gasteiger partial charge in [-0.15, -0.1) is 0 Å². The lowest BCUT2D eigenvalue weighted by Gasteiger charge is -2.11. The largest absolute Gasteiger partial charge is 0.491 e. The van der Waals surface area contributed by atoms with Crippen molar-refractivity contribution in [3.8, 4) is 11.5 Å². The number of carbonyl (C=O) groups excluding carboxylic acids is 1. The van der Waals surface area contributed by atoms with Crippen LogP contribution in [0.4, 0.5) is 0 Å². The monoisotopic (exact) mass is 299 g/mol. The first-order valence-corrected chi connectivity index (χ1v) is 7.33. The molecule has 0 aliphatic rings. The molecule has 0 fully saturated rings. The molecule has 0 aliphatic heterocycles. The average Bonchev–Trinajstić information content (AvgIpc) is 2.52. The van der Waals surface area contributed by atoms with E-state index in [1.165, 1.54) is 0 Å². The van der Waals surface area contributed by atoms with Crippen LogP contribution in [0.1, 0.15) is 19.4 Å². The Labute approximate surface area is 131 Å². The fraction of sp³-hybridized carbons (Fsp3) is 0.278. The number of carbonyl (C=O) groups is 1. The highest BCUT2D eigenvalue weighted by molar-refractivity contribution is 5.77. The molecule has 0 unspecified atom stereocenters. The zero-order chi connectivity index (χ0) is 15.8. The predicted octanol–water partition coefficient (Wildman–Crippen LogP) is 3.17. The summed E-state index contributed by atoms with van der Waals surface area (Å²) in [7, 11) is 0. The van der Waals surface area contributed by atoms with E-state index in [1.54, 1.807) is 0 Å². The van der Waals surface area contributed by atoms with Crippen molar-refractivity contribution in [1.29, 1.82) is 0 Å². The predicted molar refractivity (Wildman–Crippen MR) is 86.0 cm³/mol. The van der Waals surface area contributed by atoms with Crippen LogP contribution >= 0.6 is 0 Å². The number of para-hydroxylation sites is 1. The number of ether oxygens (including phenoxy) is 2. The van der Waals surface area contributed by atoms with Gasteiger partial charge in [0.15, 0.2) is 6.61 Å². The van der Waals surface area contributed by atoms with E-state index in [1.807, 2.05) is 68.4 Å². The summed E-state index contributed by atoms with van der Waals surface area (Å²) < 4.78 is 11.0. The van der Waals surface area contributed by atoms with E-state index >= 15 is 0 Å². The van der Waals surface area contributed by atoms with Crippen molar-refractivity contribution in [2.45, 2.75) is 26.5 Å². The minimum Gasteiger partial charge on any atom is -0.491 e. The molecule has 0 spiro atoms. The molecule has 0 atom stereocenters. The van der Waals surface area contributed by atoms with Gasteiger partial charge in [-0.05, 0) is 43.7 Å². The molecule has 22 heavy (non-hydrogen) atoms. The van der Waals surface area contributed by atoms with Crippen LogP contribution in [0, 0.1) is 0 Å². The number of benzene rings is 2. The standard InChI is InChI=1S/C18H21NO3/c1-14(2)22-17-10-6-7-15(11-17)12-19-18(20)13-21-16-8-4-3-5-9-16/h3-11,14H,12-13H2,1-2H3,(H,19,20). The molecule has 0 saturated heterocycles. The zero-order valence-electron chi connectivity index (χ0n) is 12.9. The van der Waals surface area contributed by atoms with Gasteiger partial charge in [0.2, 0.25) is 0 Å². The minimum atomic E-state index is -0.154. The van der Waals surface area contributed by atoms with Crippen LogP contribution < -0.4 is 14.8 Å². The number of hydrogen-bond donors (Lipinski definition) is 1. The third-order valence-corrected chi connectivity index (χ3v) is 2.87. The molecular weight excluding hydrogens is 278 g/mol. The Hall–Kier alpha value is -2.49. The van der Waals surface area contributed by atoms with Crippen LogP contribution in [0.5, 0.6) is 11.5 Å². The van der Waals surface area contributed by atoms with E-state index in [4.69, 9.17) is 9.47 Å². The molecule has 1 N–H and O–H groups in total. The molecule has 4 heteroatoms. The van der Waals surface area contributed by atoms with Gasteiger partial charge in [0.25, 0.3) is 5.91 Å². The Bertz CT molecular complexity index is 596. The maximum Gasteiger partial charge on any atom is 0.258 e. The molecule has 116 valence electrons. The Morgan fingerprint density at radius 1 is 1.05 bits per heavy atom. The maximum atomic E-state index is 11.8. The van der Waals surface area contributed by atoms with Crippen LogP contribution in [0.3, 0.4) is 0 Å². The van der Waals surface area contributed by atoms with Crippen molar-refractivity contribution in [3.05, 3.63) is 60.2 Å². The molecule has 2 aromatic rings. The summed E-state index contributed by atoms with van der Waals surface area (Å²) in [6, 6.07) is 17.0. The van der Waals surface area contributed by atoms with Gasteiger partial charge < -0.3 is 14.8 Å². The molecule has 0 aliphatic carbocycles. The highest BCUT2D eigenvalue weighted by atomic mass is 16.5. The lowest BCUT2D eigenvalue weighted by molar-refractivity contribution is -0.123. The third-order valence-electron chi connectivity index (χ3n) is 2.87.